The van der Waals surface area contributed by atoms with E-state index in [1.807, 2.05) is 36.9 Å². The molecule has 2 atom stereocenters. The van der Waals surface area contributed by atoms with Gasteiger partial charge in [-0.3, -0.25) is 4.79 Å². The van der Waals surface area contributed by atoms with Gasteiger partial charge < -0.3 is 15.5 Å². The molecule has 3 aromatic rings. The van der Waals surface area contributed by atoms with Gasteiger partial charge >= 0.3 is 0 Å². The van der Waals surface area contributed by atoms with E-state index < -0.39 is 0 Å². The average Bonchev–Trinajstić information content (AvgIpc) is 3.05. The van der Waals surface area contributed by atoms with Crippen LogP contribution in [0.5, 0.6) is 0 Å². The lowest BCUT2D eigenvalue weighted by molar-refractivity contribution is -0.140. The van der Waals surface area contributed by atoms with Crippen molar-refractivity contribution in [3.63, 3.8) is 0 Å². The van der Waals surface area contributed by atoms with Crippen LogP contribution in [0.1, 0.15) is 25.2 Å². The van der Waals surface area contributed by atoms with E-state index in [0.29, 0.717) is 30.5 Å². The van der Waals surface area contributed by atoms with Crippen LogP contribution in [0.25, 0.3) is 10.8 Å². The van der Waals surface area contributed by atoms with Crippen LogP contribution in [-0.2, 0) is 16.0 Å². The molecule has 8 heteroatoms. The summed E-state index contributed by atoms with van der Waals surface area (Å²) >= 11 is 1.32. The number of fused-ring (bicyclic) bond motifs is 1. The second kappa shape index (κ2) is 8.42. The summed E-state index contributed by atoms with van der Waals surface area (Å²) in [6.07, 6.45) is 0.689. The van der Waals surface area contributed by atoms with E-state index >= 15 is 0 Å². The van der Waals surface area contributed by atoms with Gasteiger partial charge in [0.15, 0.2) is 5.82 Å². The van der Waals surface area contributed by atoms with Gasteiger partial charge in [-0.05, 0) is 30.2 Å². The van der Waals surface area contributed by atoms with Gasteiger partial charge in [0.25, 0.3) is 0 Å². The number of hydrogen-bond acceptors (Lipinski definition) is 6. The molecule has 2 aromatic carbocycles. The topological polar surface area (TPSA) is 86.3 Å². The van der Waals surface area contributed by atoms with E-state index in [2.05, 4.69) is 34.5 Å². The predicted octanol–water partition coefficient (Wildman–Crippen LogP) is 2.46. The normalized spacial score (nSPS) is 19.6. The molecule has 0 aliphatic carbocycles. The molecule has 0 saturated carbocycles. The molecule has 0 spiro atoms. The van der Waals surface area contributed by atoms with E-state index in [0.717, 1.165) is 5.56 Å². The van der Waals surface area contributed by atoms with Crippen LogP contribution in [0.15, 0.2) is 47.6 Å². The van der Waals surface area contributed by atoms with E-state index in [1.54, 1.807) is 0 Å². The third-order valence-electron chi connectivity index (χ3n) is 5.06. The van der Waals surface area contributed by atoms with Gasteiger partial charge in [0.05, 0.1) is 18.0 Å². The monoisotopic (exact) mass is 411 g/mol. The average molecular weight is 412 g/mol. The van der Waals surface area contributed by atoms with Gasteiger partial charge in [0.2, 0.25) is 11.1 Å². The fraction of sp³-hybridized carbons (Fsp3) is 0.381. The molecule has 4 rings (SSSR count). The minimum absolute atomic E-state index is 0.0539. The number of carbonyl (C=O) groups excluding carboxylic acids is 1. The molecule has 0 radical (unpaired) electrons. The van der Waals surface area contributed by atoms with Gasteiger partial charge in [-0.1, -0.05) is 54.2 Å². The fourth-order valence-corrected chi connectivity index (χ4v) is 4.52. The summed E-state index contributed by atoms with van der Waals surface area (Å²) in [5.74, 6) is 7.25. The minimum atomic E-state index is 0.0539. The van der Waals surface area contributed by atoms with E-state index in [-0.39, 0.29) is 23.9 Å². The Bertz CT molecular complexity index is 1010. The molecule has 0 bridgehead atoms. The Labute approximate surface area is 174 Å². The summed E-state index contributed by atoms with van der Waals surface area (Å²) in [5, 5.41) is 11.4. The van der Waals surface area contributed by atoms with Crippen molar-refractivity contribution in [2.24, 2.45) is 0 Å². The van der Waals surface area contributed by atoms with Crippen molar-refractivity contribution < 1.29 is 9.53 Å². The number of hydrogen-bond donors (Lipinski definition) is 1. The summed E-state index contributed by atoms with van der Waals surface area (Å²) in [6, 6.07) is 14.4. The quantitative estimate of drug-likeness (QED) is 0.513. The molecule has 1 saturated heterocycles. The van der Waals surface area contributed by atoms with Crippen molar-refractivity contribution in [1.29, 1.82) is 0 Å². The van der Waals surface area contributed by atoms with Crippen LogP contribution >= 0.6 is 11.8 Å². The van der Waals surface area contributed by atoms with Gasteiger partial charge in [0, 0.05) is 19.5 Å². The lowest BCUT2D eigenvalue weighted by Gasteiger charge is -2.35. The van der Waals surface area contributed by atoms with Gasteiger partial charge in [-0.2, -0.15) is 0 Å². The van der Waals surface area contributed by atoms with Crippen LogP contribution in [-0.4, -0.2) is 56.7 Å². The van der Waals surface area contributed by atoms with E-state index in [1.165, 1.54) is 27.2 Å². The third-order valence-corrected chi connectivity index (χ3v) is 5.99. The van der Waals surface area contributed by atoms with Crippen molar-refractivity contribution in [3.8, 4) is 0 Å². The number of rotatable bonds is 5. The summed E-state index contributed by atoms with van der Waals surface area (Å²) < 4.78 is 7.18. The number of aromatic nitrogens is 3. The van der Waals surface area contributed by atoms with Crippen LogP contribution in [0, 0.1) is 0 Å². The first-order valence-corrected chi connectivity index (χ1v) is 10.7. The number of carbonyl (C=O) groups is 1. The Morgan fingerprint density at radius 1 is 1.14 bits per heavy atom. The second-order valence-corrected chi connectivity index (χ2v) is 8.37. The van der Waals surface area contributed by atoms with Crippen molar-refractivity contribution in [3.05, 3.63) is 53.9 Å². The lowest BCUT2D eigenvalue weighted by atomic mass is 10.0. The molecule has 1 fully saturated rings. The number of nitrogen functional groups attached to an aromatic ring is 1. The lowest BCUT2D eigenvalue weighted by Crippen LogP contribution is -2.48. The second-order valence-electron chi connectivity index (χ2n) is 7.43. The van der Waals surface area contributed by atoms with Crippen LogP contribution in [0.3, 0.4) is 0 Å². The molecule has 1 amide bonds. The highest BCUT2D eigenvalue weighted by Gasteiger charge is 2.26. The van der Waals surface area contributed by atoms with Crippen LogP contribution < -0.4 is 5.84 Å². The zero-order chi connectivity index (χ0) is 20.4. The Morgan fingerprint density at radius 2 is 1.86 bits per heavy atom. The van der Waals surface area contributed by atoms with Gasteiger partial charge in [-0.25, -0.2) is 4.68 Å². The number of nitrogens with zero attached hydrogens (tertiary/aromatic N) is 4. The maximum atomic E-state index is 12.6. The first kappa shape index (κ1) is 19.7. The van der Waals surface area contributed by atoms with Crippen molar-refractivity contribution in [2.75, 3.05) is 24.7 Å². The summed E-state index contributed by atoms with van der Waals surface area (Å²) in [6.45, 7) is 5.20. The van der Waals surface area contributed by atoms with Gasteiger partial charge in [0.1, 0.15) is 0 Å². The first-order valence-electron chi connectivity index (χ1n) is 9.73. The zero-order valence-corrected chi connectivity index (χ0v) is 17.4. The Hall–Kier alpha value is -2.58. The number of amides is 1. The van der Waals surface area contributed by atoms with Crippen molar-refractivity contribution in [1.82, 2.24) is 19.8 Å². The molecular weight excluding hydrogens is 386 g/mol. The minimum Gasteiger partial charge on any atom is -0.372 e. The van der Waals surface area contributed by atoms with Crippen LogP contribution in [0.2, 0.25) is 0 Å². The number of ether oxygens (including phenoxy) is 1. The molecule has 0 unspecified atom stereocenters. The molecule has 2 N–H and O–H groups in total. The molecule has 1 aromatic heterocycles. The molecule has 1 aliphatic rings. The molecule has 152 valence electrons. The summed E-state index contributed by atoms with van der Waals surface area (Å²) in [7, 11) is 0. The third kappa shape index (κ3) is 4.38. The van der Waals surface area contributed by atoms with Crippen molar-refractivity contribution in [2.45, 2.75) is 37.6 Å². The number of nitrogens with two attached hydrogens (primary N) is 1. The first-order chi connectivity index (χ1) is 14.0. The number of thioether (sulfide) groups is 1. The van der Waals surface area contributed by atoms with Crippen LogP contribution in [0.4, 0.5) is 0 Å². The maximum Gasteiger partial charge on any atom is 0.233 e. The molecule has 29 heavy (non-hydrogen) atoms. The highest BCUT2D eigenvalue weighted by Crippen LogP contribution is 2.22. The largest absolute Gasteiger partial charge is 0.372 e. The smallest absolute Gasteiger partial charge is 0.233 e. The molecule has 2 heterocycles. The number of benzene rings is 2. The SMILES string of the molecule is C[C@@H]1CN(C(=O)CSc2nnc(Cc3cccc4ccccc34)n2N)C[C@@H](C)O1. The highest BCUT2D eigenvalue weighted by atomic mass is 32.2. The van der Waals surface area contributed by atoms with Crippen molar-refractivity contribution >= 4 is 28.4 Å². The Kier molecular flexibility index (Phi) is 5.73. The van der Waals surface area contributed by atoms with E-state index in [4.69, 9.17) is 10.6 Å². The molecular formula is C21H25N5O2S. The molecule has 1 aliphatic heterocycles. The maximum absolute atomic E-state index is 12.6. The fourth-order valence-electron chi connectivity index (χ4n) is 3.74. The van der Waals surface area contributed by atoms with Gasteiger partial charge in [-0.15, -0.1) is 10.2 Å². The summed E-state index contributed by atoms with van der Waals surface area (Å²) in [5.41, 5.74) is 1.14. The summed E-state index contributed by atoms with van der Waals surface area (Å²) in [4.78, 5) is 14.4. The van der Waals surface area contributed by atoms with E-state index in [9.17, 15) is 4.79 Å². The standard InChI is InChI=1S/C21H25N5O2S/c1-14-11-25(12-15(2)28-14)20(27)13-29-21-24-23-19(26(21)22)10-17-8-5-7-16-6-3-4-9-18(16)17/h3-9,14-15H,10-13,22H2,1-2H3/t14-,15-/m1/s1. The number of morpholine rings is 1. The molecule has 7 nitrogen and oxygen atoms in total. The Balaban J connectivity index is 1.43. The Morgan fingerprint density at radius 3 is 2.66 bits per heavy atom. The highest BCUT2D eigenvalue weighted by molar-refractivity contribution is 7.99. The zero-order valence-electron chi connectivity index (χ0n) is 16.6. The predicted molar refractivity (Wildman–Crippen MR) is 114 cm³/mol.